The normalized spacial score (nSPS) is 22.3. The van der Waals surface area contributed by atoms with Gasteiger partial charge in [0.2, 0.25) is 11.8 Å². The van der Waals surface area contributed by atoms with Crippen molar-refractivity contribution >= 4 is 11.8 Å². The van der Waals surface area contributed by atoms with Crippen LogP contribution in [-0.2, 0) is 14.3 Å². The molecule has 116 valence electrons. The van der Waals surface area contributed by atoms with Crippen LogP contribution in [0.15, 0.2) is 0 Å². The monoisotopic (exact) mass is 284 g/mol. The van der Waals surface area contributed by atoms with E-state index in [1.165, 1.54) is 0 Å². The zero-order valence-corrected chi connectivity index (χ0v) is 13.4. The van der Waals surface area contributed by atoms with Gasteiger partial charge in [-0.15, -0.1) is 0 Å². The molecule has 1 aliphatic heterocycles. The minimum atomic E-state index is -0.820. The minimum absolute atomic E-state index is 0.0244. The number of carbonyl (C=O) groups excluding carboxylic acids is 2. The van der Waals surface area contributed by atoms with E-state index in [-0.39, 0.29) is 17.9 Å². The second kappa shape index (κ2) is 7.07. The third-order valence-electron chi connectivity index (χ3n) is 3.40. The van der Waals surface area contributed by atoms with Crippen molar-refractivity contribution in [1.29, 1.82) is 0 Å². The number of amides is 2. The molecule has 0 aromatic heterocycles. The molecule has 1 N–H and O–H groups in total. The molecule has 0 aromatic rings. The van der Waals surface area contributed by atoms with Crippen molar-refractivity contribution in [3.05, 3.63) is 0 Å². The van der Waals surface area contributed by atoms with E-state index in [1.54, 1.807) is 18.7 Å². The Bertz CT molecular complexity index is 353. The Morgan fingerprint density at radius 2 is 2.00 bits per heavy atom. The first-order valence-corrected chi connectivity index (χ1v) is 7.50. The van der Waals surface area contributed by atoms with Crippen LogP contribution in [0.3, 0.4) is 0 Å². The first-order valence-electron chi connectivity index (χ1n) is 7.50. The van der Waals surface area contributed by atoms with Gasteiger partial charge in [0.1, 0.15) is 11.6 Å². The second-order valence-electron chi connectivity index (χ2n) is 6.39. The Hall–Kier alpha value is -1.10. The third-order valence-corrected chi connectivity index (χ3v) is 3.40. The molecule has 1 atom stereocenters. The molecule has 2 amide bonds. The van der Waals surface area contributed by atoms with Gasteiger partial charge in [-0.05, 0) is 26.2 Å². The summed E-state index contributed by atoms with van der Waals surface area (Å²) in [4.78, 5) is 26.3. The van der Waals surface area contributed by atoms with Crippen LogP contribution in [0.4, 0.5) is 0 Å². The van der Waals surface area contributed by atoms with Gasteiger partial charge in [-0.25, -0.2) is 0 Å². The van der Waals surface area contributed by atoms with Gasteiger partial charge in [0, 0.05) is 13.2 Å². The number of ether oxygens (including phenoxy) is 1. The molecule has 0 saturated carbocycles. The quantitative estimate of drug-likeness (QED) is 0.722. The Balaban J connectivity index is 2.68. The highest BCUT2D eigenvalue weighted by molar-refractivity contribution is 5.99. The molecule has 1 unspecified atom stereocenters. The van der Waals surface area contributed by atoms with E-state index in [9.17, 15) is 9.59 Å². The molecule has 0 bridgehead atoms. The summed E-state index contributed by atoms with van der Waals surface area (Å²) in [6, 6.07) is -0.358. The number of carbonyl (C=O) groups is 2. The molecule has 1 fully saturated rings. The second-order valence-corrected chi connectivity index (χ2v) is 6.39. The maximum absolute atomic E-state index is 12.5. The summed E-state index contributed by atoms with van der Waals surface area (Å²) in [6.07, 6.45) is 1.56. The molecular weight excluding hydrogens is 256 g/mol. The van der Waals surface area contributed by atoms with E-state index < -0.39 is 5.54 Å². The van der Waals surface area contributed by atoms with Crippen molar-refractivity contribution in [2.24, 2.45) is 5.92 Å². The van der Waals surface area contributed by atoms with Crippen molar-refractivity contribution in [3.63, 3.8) is 0 Å². The molecule has 0 aliphatic carbocycles. The number of hydrogen-bond donors (Lipinski definition) is 1. The van der Waals surface area contributed by atoms with Crippen molar-refractivity contribution in [2.45, 2.75) is 59.0 Å². The average Bonchev–Trinajstić information content (AvgIpc) is 2.33. The van der Waals surface area contributed by atoms with Crippen LogP contribution < -0.4 is 5.32 Å². The molecular formula is C15H28N2O3. The molecule has 0 radical (unpaired) electrons. The van der Waals surface area contributed by atoms with E-state index in [4.69, 9.17) is 4.74 Å². The zero-order valence-electron chi connectivity index (χ0n) is 13.4. The van der Waals surface area contributed by atoms with Gasteiger partial charge < -0.3 is 15.0 Å². The Morgan fingerprint density at radius 1 is 1.35 bits per heavy atom. The van der Waals surface area contributed by atoms with Crippen molar-refractivity contribution in [3.8, 4) is 0 Å². The lowest BCUT2D eigenvalue weighted by Gasteiger charge is -2.42. The van der Waals surface area contributed by atoms with Gasteiger partial charge in [0.25, 0.3) is 0 Å². The lowest BCUT2D eigenvalue weighted by Crippen LogP contribution is -2.68. The molecule has 20 heavy (non-hydrogen) atoms. The van der Waals surface area contributed by atoms with Gasteiger partial charge >= 0.3 is 0 Å². The summed E-state index contributed by atoms with van der Waals surface area (Å²) in [6.45, 7) is 11.3. The highest BCUT2D eigenvalue weighted by Crippen LogP contribution is 2.20. The summed E-state index contributed by atoms with van der Waals surface area (Å²) in [5.41, 5.74) is -0.820. The fraction of sp³-hybridized carbons (Fsp3) is 0.867. The van der Waals surface area contributed by atoms with Crippen LogP contribution in [0.5, 0.6) is 0 Å². The molecule has 0 spiro atoms. The van der Waals surface area contributed by atoms with Gasteiger partial charge in [0.05, 0.1) is 6.61 Å². The van der Waals surface area contributed by atoms with E-state index >= 15 is 0 Å². The van der Waals surface area contributed by atoms with E-state index in [0.29, 0.717) is 32.1 Å². The van der Waals surface area contributed by atoms with Crippen LogP contribution in [0.25, 0.3) is 0 Å². The largest absolute Gasteiger partial charge is 0.379 e. The predicted molar refractivity (Wildman–Crippen MR) is 78.3 cm³/mol. The predicted octanol–water partition coefficient (Wildman–Crippen LogP) is 1.56. The number of nitrogens with one attached hydrogen (secondary N) is 1. The smallest absolute Gasteiger partial charge is 0.248 e. The molecule has 5 heteroatoms. The molecule has 5 nitrogen and oxygen atoms in total. The minimum Gasteiger partial charge on any atom is -0.379 e. The van der Waals surface area contributed by atoms with Gasteiger partial charge in [-0.3, -0.25) is 9.59 Å². The summed E-state index contributed by atoms with van der Waals surface area (Å²) in [7, 11) is 0. The van der Waals surface area contributed by atoms with Crippen LogP contribution >= 0.6 is 0 Å². The van der Waals surface area contributed by atoms with Crippen LogP contribution in [-0.4, -0.2) is 48.1 Å². The lowest BCUT2D eigenvalue weighted by atomic mass is 9.95. The third kappa shape index (κ3) is 4.20. The zero-order chi connectivity index (χ0) is 15.3. The SMILES string of the molecule is CCCC1C(=O)NC(C)(C)C(=O)N1CCOCC(C)C. The Kier molecular flexibility index (Phi) is 5.99. The van der Waals surface area contributed by atoms with Crippen LogP contribution in [0, 0.1) is 5.92 Å². The van der Waals surface area contributed by atoms with Crippen LogP contribution in [0.1, 0.15) is 47.5 Å². The van der Waals surface area contributed by atoms with E-state index in [0.717, 1.165) is 6.42 Å². The van der Waals surface area contributed by atoms with E-state index in [1.807, 2.05) is 6.92 Å². The molecule has 1 heterocycles. The van der Waals surface area contributed by atoms with Crippen molar-refractivity contribution < 1.29 is 14.3 Å². The number of rotatable bonds is 7. The maximum atomic E-state index is 12.5. The first kappa shape index (κ1) is 17.0. The lowest BCUT2D eigenvalue weighted by molar-refractivity contribution is -0.154. The number of hydrogen-bond acceptors (Lipinski definition) is 3. The summed E-state index contributed by atoms with van der Waals surface area (Å²) in [5.74, 6) is 0.391. The molecule has 1 rings (SSSR count). The summed E-state index contributed by atoms with van der Waals surface area (Å²) in [5, 5.41) is 2.81. The fourth-order valence-electron chi connectivity index (χ4n) is 2.39. The van der Waals surface area contributed by atoms with Gasteiger partial charge in [-0.1, -0.05) is 27.2 Å². The van der Waals surface area contributed by atoms with Crippen molar-refractivity contribution in [1.82, 2.24) is 10.2 Å². The van der Waals surface area contributed by atoms with Gasteiger partial charge in [0.15, 0.2) is 0 Å². The van der Waals surface area contributed by atoms with Crippen molar-refractivity contribution in [2.75, 3.05) is 19.8 Å². The summed E-state index contributed by atoms with van der Waals surface area (Å²) >= 11 is 0. The topological polar surface area (TPSA) is 58.6 Å². The van der Waals surface area contributed by atoms with Gasteiger partial charge in [-0.2, -0.15) is 0 Å². The van der Waals surface area contributed by atoms with Crippen LogP contribution in [0.2, 0.25) is 0 Å². The standard InChI is InChI=1S/C15H28N2O3/c1-6-7-12-13(18)16-15(4,5)14(19)17(12)8-9-20-10-11(2)3/h11-12H,6-10H2,1-5H3,(H,16,18). The molecule has 0 aromatic carbocycles. The molecule has 1 aliphatic rings. The number of piperazine rings is 1. The molecule has 1 saturated heterocycles. The Labute approximate surface area is 122 Å². The summed E-state index contributed by atoms with van der Waals surface area (Å²) < 4.78 is 5.55. The fourth-order valence-corrected chi connectivity index (χ4v) is 2.39. The Morgan fingerprint density at radius 3 is 2.55 bits per heavy atom. The maximum Gasteiger partial charge on any atom is 0.248 e. The van der Waals surface area contributed by atoms with E-state index in [2.05, 4.69) is 19.2 Å². The number of nitrogens with zero attached hydrogens (tertiary/aromatic N) is 1. The average molecular weight is 284 g/mol. The first-order chi connectivity index (χ1) is 9.29. The highest BCUT2D eigenvalue weighted by Gasteiger charge is 2.44. The highest BCUT2D eigenvalue weighted by atomic mass is 16.5.